The summed E-state index contributed by atoms with van der Waals surface area (Å²) in [6.07, 6.45) is 3.96. The molecule has 1 aliphatic rings. The Balaban J connectivity index is 2.12. The van der Waals surface area contributed by atoms with Gasteiger partial charge in [-0.05, 0) is 44.7 Å². The van der Waals surface area contributed by atoms with E-state index in [2.05, 4.69) is 6.58 Å². The SMILES string of the molecule is C=C(C)C(=O)Oc1ccccc1C(=O)OC1CCCC1. The molecule has 0 atom stereocenters. The summed E-state index contributed by atoms with van der Waals surface area (Å²) < 4.78 is 10.6. The second-order valence-corrected chi connectivity index (χ2v) is 4.98. The summed E-state index contributed by atoms with van der Waals surface area (Å²) in [5, 5.41) is 0. The molecule has 4 heteroatoms. The highest BCUT2D eigenvalue weighted by Gasteiger charge is 2.22. The van der Waals surface area contributed by atoms with Crippen molar-refractivity contribution >= 4 is 11.9 Å². The minimum atomic E-state index is -0.550. The van der Waals surface area contributed by atoms with Crippen LogP contribution in [0, 0.1) is 0 Å². The Bertz CT molecular complexity index is 527. The predicted molar refractivity (Wildman–Crippen MR) is 74.6 cm³/mol. The number of para-hydroxylation sites is 1. The van der Waals surface area contributed by atoms with Crippen molar-refractivity contribution in [2.24, 2.45) is 0 Å². The van der Waals surface area contributed by atoms with Crippen molar-refractivity contribution in [1.29, 1.82) is 0 Å². The van der Waals surface area contributed by atoms with Crippen LogP contribution in [-0.4, -0.2) is 18.0 Å². The molecular formula is C16H18O4. The first kappa shape index (κ1) is 14.3. The molecule has 4 nitrogen and oxygen atoms in total. The van der Waals surface area contributed by atoms with Crippen LogP contribution in [0.15, 0.2) is 36.4 Å². The van der Waals surface area contributed by atoms with Gasteiger partial charge in [0.25, 0.3) is 0 Å². The van der Waals surface area contributed by atoms with Crippen LogP contribution in [0.2, 0.25) is 0 Å². The molecule has 0 unspecified atom stereocenters. The Kier molecular flexibility index (Phi) is 4.56. The third-order valence-electron chi connectivity index (χ3n) is 3.23. The van der Waals surface area contributed by atoms with Gasteiger partial charge in [-0.15, -0.1) is 0 Å². The highest BCUT2D eigenvalue weighted by atomic mass is 16.6. The topological polar surface area (TPSA) is 52.6 Å². The molecule has 1 aliphatic carbocycles. The molecule has 0 saturated heterocycles. The number of carbonyl (C=O) groups is 2. The summed E-state index contributed by atoms with van der Waals surface area (Å²) in [6, 6.07) is 6.58. The minimum absolute atomic E-state index is 0.0209. The number of hydrogen-bond donors (Lipinski definition) is 0. The molecule has 20 heavy (non-hydrogen) atoms. The van der Waals surface area contributed by atoms with E-state index in [1.54, 1.807) is 31.2 Å². The van der Waals surface area contributed by atoms with Crippen LogP contribution >= 0.6 is 0 Å². The highest BCUT2D eigenvalue weighted by Crippen LogP contribution is 2.25. The molecule has 0 spiro atoms. The number of hydrogen-bond acceptors (Lipinski definition) is 4. The monoisotopic (exact) mass is 274 g/mol. The van der Waals surface area contributed by atoms with Crippen molar-refractivity contribution in [3.8, 4) is 5.75 Å². The minimum Gasteiger partial charge on any atom is -0.459 e. The maximum Gasteiger partial charge on any atom is 0.342 e. The van der Waals surface area contributed by atoms with Gasteiger partial charge in [0.2, 0.25) is 0 Å². The normalized spacial score (nSPS) is 14.8. The number of ether oxygens (including phenoxy) is 2. The summed E-state index contributed by atoms with van der Waals surface area (Å²) >= 11 is 0. The van der Waals surface area contributed by atoms with E-state index in [1.165, 1.54) is 0 Å². The van der Waals surface area contributed by atoms with Crippen molar-refractivity contribution in [3.63, 3.8) is 0 Å². The van der Waals surface area contributed by atoms with Crippen LogP contribution in [-0.2, 0) is 9.53 Å². The van der Waals surface area contributed by atoms with Crippen molar-refractivity contribution in [3.05, 3.63) is 42.0 Å². The number of benzene rings is 1. The van der Waals surface area contributed by atoms with Crippen molar-refractivity contribution in [2.75, 3.05) is 0 Å². The van der Waals surface area contributed by atoms with Gasteiger partial charge in [0.1, 0.15) is 17.4 Å². The average molecular weight is 274 g/mol. The van der Waals surface area contributed by atoms with Crippen LogP contribution < -0.4 is 4.74 Å². The van der Waals surface area contributed by atoms with Crippen molar-refractivity contribution in [2.45, 2.75) is 38.7 Å². The Hall–Kier alpha value is -2.10. The lowest BCUT2D eigenvalue weighted by molar-refractivity contribution is -0.130. The van der Waals surface area contributed by atoms with E-state index in [1.807, 2.05) is 0 Å². The average Bonchev–Trinajstić information content (AvgIpc) is 2.92. The first-order chi connectivity index (χ1) is 9.58. The van der Waals surface area contributed by atoms with Gasteiger partial charge >= 0.3 is 11.9 Å². The molecule has 1 saturated carbocycles. The molecule has 0 bridgehead atoms. The summed E-state index contributed by atoms with van der Waals surface area (Å²) in [5.74, 6) is -0.781. The highest BCUT2D eigenvalue weighted by molar-refractivity contribution is 5.95. The standard InChI is InChI=1S/C16H18O4/c1-11(2)15(17)20-14-10-6-5-9-13(14)16(18)19-12-7-3-4-8-12/h5-6,9-10,12H,1,3-4,7-8H2,2H3. The maximum absolute atomic E-state index is 12.1. The third kappa shape index (κ3) is 3.47. The smallest absolute Gasteiger partial charge is 0.342 e. The van der Waals surface area contributed by atoms with Gasteiger partial charge in [0, 0.05) is 5.57 Å². The Morgan fingerprint density at radius 3 is 2.50 bits per heavy atom. The van der Waals surface area contributed by atoms with Crippen LogP contribution in [0.1, 0.15) is 43.0 Å². The van der Waals surface area contributed by atoms with Gasteiger partial charge in [-0.2, -0.15) is 0 Å². The van der Waals surface area contributed by atoms with E-state index >= 15 is 0 Å². The number of carbonyl (C=O) groups excluding carboxylic acids is 2. The fourth-order valence-electron chi connectivity index (χ4n) is 2.13. The molecule has 0 N–H and O–H groups in total. The first-order valence-electron chi connectivity index (χ1n) is 6.75. The molecule has 1 aromatic carbocycles. The van der Waals surface area contributed by atoms with E-state index in [4.69, 9.17) is 9.47 Å². The molecule has 1 fully saturated rings. The van der Waals surface area contributed by atoms with Crippen LogP contribution in [0.5, 0.6) is 5.75 Å². The zero-order valence-electron chi connectivity index (χ0n) is 11.6. The van der Waals surface area contributed by atoms with E-state index in [-0.39, 0.29) is 23.0 Å². The van der Waals surface area contributed by atoms with E-state index in [0.717, 1.165) is 25.7 Å². The Labute approximate surface area is 118 Å². The summed E-state index contributed by atoms with van der Waals surface area (Å²) in [6.45, 7) is 5.08. The fraction of sp³-hybridized carbons (Fsp3) is 0.375. The molecular weight excluding hydrogens is 256 g/mol. The molecule has 0 heterocycles. The van der Waals surface area contributed by atoms with Gasteiger partial charge in [-0.3, -0.25) is 0 Å². The maximum atomic E-state index is 12.1. The van der Waals surface area contributed by atoms with Gasteiger partial charge in [0.05, 0.1) is 0 Å². The predicted octanol–water partition coefficient (Wildman–Crippen LogP) is 3.27. The summed E-state index contributed by atoms with van der Waals surface area (Å²) in [4.78, 5) is 23.7. The quantitative estimate of drug-likeness (QED) is 0.480. The van der Waals surface area contributed by atoms with Crippen molar-refractivity contribution < 1.29 is 19.1 Å². The van der Waals surface area contributed by atoms with E-state index in [9.17, 15) is 9.59 Å². The van der Waals surface area contributed by atoms with Crippen molar-refractivity contribution in [1.82, 2.24) is 0 Å². The second-order valence-electron chi connectivity index (χ2n) is 4.98. The first-order valence-corrected chi connectivity index (χ1v) is 6.75. The lowest BCUT2D eigenvalue weighted by Gasteiger charge is -2.13. The van der Waals surface area contributed by atoms with Gasteiger partial charge in [-0.1, -0.05) is 18.7 Å². The summed E-state index contributed by atoms with van der Waals surface area (Å²) in [5.41, 5.74) is 0.554. The molecule has 0 aliphatic heterocycles. The third-order valence-corrected chi connectivity index (χ3v) is 3.23. The van der Waals surface area contributed by atoms with E-state index < -0.39 is 11.9 Å². The lowest BCUT2D eigenvalue weighted by Crippen LogP contribution is -2.17. The zero-order valence-corrected chi connectivity index (χ0v) is 11.6. The van der Waals surface area contributed by atoms with E-state index in [0.29, 0.717) is 0 Å². The van der Waals surface area contributed by atoms with Crippen LogP contribution in [0.3, 0.4) is 0 Å². The number of rotatable bonds is 4. The van der Waals surface area contributed by atoms with Gasteiger partial charge < -0.3 is 9.47 Å². The molecule has 0 radical (unpaired) electrons. The Morgan fingerprint density at radius 2 is 1.85 bits per heavy atom. The summed E-state index contributed by atoms with van der Waals surface area (Å²) in [7, 11) is 0. The molecule has 0 aromatic heterocycles. The van der Waals surface area contributed by atoms with Crippen LogP contribution in [0.4, 0.5) is 0 Å². The van der Waals surface area contributed by atoms with Gasteiger partial charge in [-0.25, -0.2) is 9.59 Å². The fourth-order valence-corrected chi connectivity index (χ4v) is 2.13. The second kappa shape index (κ2) is 6.37. The molecule has 0 amide bonds. The number of esters is 2. The lowest BCUT2D eigenvalue weighted by atomic mass is 10.2. The Morgan fingerprint density at radius 1 is 1.20 bits per heavy atom. The largest absolute Gasteiger partial charge is 0.459 e. The molecule has 106 valence electrons. The van der Waals surface area contributed by atoms with Gasteiger partial charge in [0.15, 0.2) is 0 Å². The van der Waals surface area contributed by atoms with Crippen LogP contribution in [0.25, 0.3) is 0 Å². The molecule has 1 aromatic rings. The zero-order chi connectivity index (χ0) is 14.5. The molecule has 2 rings (SSSR count).